The molecule has 0 spiro atoms. The molecule has 0 N–H and O–H groups in total. The minimum atomic E-state index is -0.705. The lowest BCUT2D eigenvalue weighted by Gasteiger charge is -2.02. The first-order valence-corrected chi connectivity index (χ1v) is 4.35. The van der Waals surface area contributed by atoms with Gasteiger partial charge in [0.15, 0.2) is 5.78 Å². The topological polar surface area (TPSA) is 86.5 Å². The molecule has 0 amide bonds. The second-order valence-electron chi connectivity index (χ2n) is 3.04. The molecule has 0 saturated heterocycles. The summed E-state index contributed by atoms with van der Waals surface area (Å²) in [4.78, 5) is 32.2. The lowest BCUT2D eigenvalue weighted by molar-refractivity contribution is -0.385. The maximum atomic E-state index is 11.1. The minimum absolute atomic E-state index is 0.0300. The molecular weight excluding hydrogens is 214 g/mol. The Morgan fingerprint density at radius 3 is 2.44 bits per heavy atom. The maximum Gasteiger partial charge on any atom is 0.338 e. The van der Waals surface area contributed by atoms with E-state index in [1.54, 1.807) is 0 Å². The van der Waals surface area contributed by atoms with E-state index in [0.29, 0.717) is 0 Å². The highest BCUT2D eigenvalue weighted by Crippen LogP contribution is 2.21. The lowest BCUT2D eigenvalue weighted by Crippen LogP contribution is -2.05. The summed E-state index contributed by atoms with van der Waals surface area (Å²) >= 11 is 0. The zero-order valence-electron chi connectivity index (χ0n) is 8.72. The average molecular weight is 223 g/mol. The molecule has 1 aromatic carbocycles. The Balaban J connectivity index is 3.34. The van der Waals surface area contributed by atoms with Crippen LogP contribution in [-0.2, 0) is 4.74 Å². The van der Waals surface area contributed by atoms with Crippen molar-refractivity contribution in [3.63, 3.8) is 0 Å². The van der Waals surface area contributed by atoms with Crippen LogP contribution in [0.15, 0.2) is 18.2 Å². The predicted molar refractivity (Wildman–Crippen MR) is 54.4 cm³/mol. The smallest absolute Gasteiger partial charge is 0.338 e. The third-order valence-corrected chi connectivity index (χ3v) is 1.99. The number of hydrogen-bond acceptors (Lipinski definition) is 5. The Morgan fingerprint density at radius 1 is 1.38 bits per heavy atom. The molecule has 0 fully saturated rings. The van der Waals surface area contributed by atoms with E-state index in [0.717, 1.165) is 6.07 Å². The van der Waals surface area contributed by atoms with E-state index < -0.39 is 22.4 Å². The highest BCUT2D eigenvalue weighted by molar-refractivity contribution is 6.00. The molecule has 1 aromatic rings. The third kappa shape index (κ3) is 2.22. The van der Waals surface area contributed by atoms with Crippen molar-refractivity contribution in [2.75, 3.05) is 7.11 Å². The summed E-state index contributed by atoms with van der Waals surface area (Å²) in [5.74, 6) is -1.11. The molecule has 0 aliphatic carbocycles. The quantitative estimate of drug-likeness (QED) is 0.336. The number of nitrogens with zero attached hydrogens (tertiary/aromatic N) is 1. The van der Waals surface area contributed by atoms with Gasteiger partial charge in [-0.25, -0.2) is 4.79 Å². The van der Waals surface area contributed by atoms with E-state index in [1.807, 2.05) is 0 Å². The molecule has 84 valence electrons. The summed E-state index contributed by atoms with van der Waals surface area (Å²) in [5, 5.41) is 10.7. The van der Waals surface area contributed by atoms with Crippen molar-refractivity contribution < 1.29 is 19.2 Å². The monoisotopic (exact) mass is 223 g/mol. The van der Waals surface area contributed by atoms with Gasteiger partial charge in [0.05, 0.1) is 23.2 Å². The fourth-order valence-electron chi connectivity index (χ4n) is 1.23. The van der Waals surface area contributed by atoms with Gasteiger partial charge in [-0.15, -0.1) is 0 Å². The van der Waals surface area contributed by atoms with E-state index in [2.05, 4.69) is 4.74 Å². The van der Waals surface area contributed by atoms with Crippen LogP contribution >= 0.6 is 0 Å². The standard InChI is InChI=1S/C10H9NO5/c1-6(12)8-4-3-7(10(13)16-2)5-9(8)11(14)15/h3-5H,1-2H3. The number of nitro benzene ring substituents is 1. The zero-order chi connectivity index (χ0) is 12.3. The molecule has 0 aromatic heterocycles. The molecule has 0 radical (unpaired) electrons. The first kappa shape index (κ1) is 11.8. The summed E-state index contributed by atoms with van der Waals surface area (Å²) in [6.45, 7) is 1.22. The molecule has 16 heavy (non-hydrogen) atoms. The molecule has 0 aliphatic heterocycles. The van der Waals surface area contributed by atoms with Gasteiger partial charge in [-0.2, -0.15) is 0 Å². The number of hydrogen-bond donors (Lipinski definition) is 0. The third-order valence-electron chi connectivity index (χ3n) is 1.99. The number of benzene rings is 1. The van der Waals surface area contributed by atoms with E-state index in [9.17, 15) is 19.7 Å². The van der Waals surface area contributed by atoms with Crippen molar-refractivity contribution in [2.45, 2.75) is 6.92 Å². The zero-order valence-corrected chi connectivity index (χ0v) is 8.72. The molecule has 0 aliphatic rings. The summed E-state index contributed by atoms with van der Waals surface area (Å²) in [6.07, 6.45) is 0. The van der Waals surface area contributed by atoms with E-state index >= 15 is 0 Å². The number of Topliss-reactive ketones (excluding diaryl/α,β-unsaturated/α-hetero) is 1. The number of esters is 1. The van der Waals surface area contributed by atoms with Gasteiger partial charge in [0, 0.05) is 6.07 Å². The van der Waals surface area contributed by atoms with Gasteiger partial charge in [0.2, 0.25) is 0 Å². The van der Waals surface area contributed by atoms with Gasteiger partial charge in [0.25, 0.3) is 5.69 Å². The van der Waals surface area contributed by atoms with Crippen LogP contribution in [-0.4, -0.2) is 23.8 Å². The van der Waals surface area contributed by atoms with Gasteiger partial charge >= 0.3 is 5.97 Å². The summed E-state index contributed by atoms with van der Waals surface area (Å²) in [5.41, 5.74) is -0.382. The highest BCUT2D eigenvalue weighted by atomic mass is 16.6. The van der Waals surface area contributed by atoms with Gasteiger partial charge in [-0.1, -0.05) is 0 Å². The van der Waals surface area contributed by atoms with Gasteiger partial charge in [0.1, 0.15) is 0 Å². The lowest BCUT2D eigenvalue weighted by atomic mass is 10.1. The van der Waals surface area contributed by atoms with Gasteiger partial charge in [-0.3, -0.25) is 14.9 Å². The average Bonchev–Trinajstić information content (AvgIpc) is 2.26. The summed E-state index contributed by atoms with van der Waals surface area (Å²) < 4.78 is 4.42. The minimum Gasteiger partial charge on any atom is -0.465 e. The van der Waals surface area contributed by atoms with Crippen molar-refractivity contribution in [3.8, 4) is 0 Å². The van der Waals surface area contributed by atoms with Crippen LogP contribution < -0.4 is 0 Å². The SMILES string of the molecule is COC(=O)c1ccc(C(C)=O)c([N+](=O)[O-])c1. The van der Waals surface area contributed by atoms with Crippen molar-refractivity contribution in [2.24, 2.45) is 0 Å². The Labute approximate surface area is 91.0 Å². The van der Waals surface area contributed by atoms with Crippen LogP contribution in [0.25, 0.3) is 0 Å². The number of nitro groups is 1. The van der Waals surface area contributed by atoms with Crippen LogP contribution in [0.2, 0.25) is 0 Å². The first-order valence-electron chi connectivity index (χ1n) is 4.35. The van der Waals surface area contributed by atoms with Crippen LogP contribution in [0.5, 0.6) is 0 Å². The number of ketones is 1. The van der Waals surface area contributed by atoms with E-state index in [4.69, 9.17) is 0 Å². The van der Waals surface area contributed by atoms with Crippen LogP contribution in [0.4, 0.5) is 5.69 Å². The van der Waals surface area contributed by atoms with Gasteiger partial charge < -0.3 is 4.74 Å². The van der Waals surface area contributed by atoms with E-state index in [-0.39, 0.29) is 11.1 Å². The highest BCUT2D eigenvalue weighted by Gasteiger charge is 2.20. The summed E-state index contributed by atoms with van der Waals surface area (Å²) in [6, 6.07) is 3.59. The normalized spacial score (nSPS) is 9.62. The Hall–Kier alpha value is -2.24. The Kier molecular flexibility index (Phi) is 3.34. The molecule has 1 rings (SSSR count). The molecular formula is C10H9NO5. The van der Waals surface area contributed by atoms with Crippen LogP contribution in [0.3, 0.4) is 0 Å². The maximum absolute atomic E-state index is 11.1. The number of carbonyl (C=O) groups is 2. The first-order chi connectivity index (χ1) is 7.47. The molecule has 0 atom stereocenters. The Morgan fingerprint density at radius 2 is 2.00 bits per heavy atom. The van der Waals surface area contributed by atoms with Crippen LogP contribution in [0, 0.1) is 10.1 Å². The van der Waals surface area contributed by atoms with Crippen molar-refractivity contribution in [3.05, 3.63) is 39.4 Å². The number of ether oxygens (including phenoxy) is 1. The van der Waals surface area contributed by atoms with Crippen molar-refractivity contribution in [1.82, 2.24) is 0 Å². The fourth-order valence-corrected chi connectivity index (χ4v) is 1.23. The van der Waals surface area contributed by atoms with Gasteiger partial charge in [-0.05, 0) is 19.1 Å². The fraction of sp³-hybridized carbons (Fsp3) is 0.200. The molecule has 0 saturated carbocycles. The van der Waals surface area contributed by atoms with Crippen molar-refractivity contribution in [1.29, 1.82) is 0 Å². The second-order valence-corrected chi connectivity index (χ2v) is 3.04. The molecule has 0 bridgehead atoms. The number of methoxy groups -OCH3 is 1. The Bertz CT molecular complexity index is 466. The van der Waals surface area contributed by atoms with E-state index in [1.165, 1.54) is 26.2 Å². The molecule has 6 heteroatoms. The predicted octanol–water partition coefficient (Wildman–Crippen LogP) is 1.58. The molecule has 0 unspecified atom stereocenters. The number of carbonyl (C=O) groups excluding carboxylic acids is 2. The molecule has 0 heterocycles. The number of rotatable bonds is 3. The van der Waals surface area contributed by atoms with Crippen LogP contribution in [0.1, 0.15) is 27.6 Å². The molecule has 6 nitrogen and oxygen atoms in total. The second kappa shape index (κ2) is 4.52. The van der Waals surface area contributed by atoms with Crippen molar-refractivity contribution >= 4 is 17.4 Å². The summed E-state index contributed by atoms with van der Waals surface area (Å²) in [7, 11) is 1.17. The largest absolute Gasteiger partial charge is 0.465 e.